The van der Waals surface area contributed by atoms with Gasteiger partial charge in [-0.25, -0.2) is 8.42 Å². The quantitative estimate of drug-likeness (QED) is 0.828. The van der Waals surface area contributed by atoms with E-state index in [0.717, 1.165) is 22.1 Å². The lowest BCUT2D eigenvalue weighted by atomic mass is 10.1. The van der Waals surface area contributed by atoms with Crippen LogP contribution in [0.3, 0.4) is 0 Å². The Balaban J connectivity index is 2.57. The molecule has 0 aliphatic rings. The van der Waals surface area contributed by atoms with E-state index in [-0.39, 0.29) is 16.7 Å². The molecule has 1 rings (SSSR count). The summed E-state index contributed by atoms with van der Waals surface area (Å²) in [6.07, 6.45) is 0.864. The van der Waals surface area contributed by atoms with Gasteiger partial charge >= 0.3 is 0 Å². The van der Waals surface area contributed by atoms with E-state index in [4.69, 9.17) is 11.6 Å². The van der Waals surface area contributed by atoms with Crippen LogP contribution in [0.2, 0.25) is 4.34 Å². The fourth-order valence-corrected chi connectivity index (χ4v) is 4.25. The summed E-state index contributed by atoms with van der Waals surface area (Å²) < 4.78 is 25.9. The van der Waals surface area contributed by atoms with Crippen molar-refractivity contribution in [2.75, 3.05) is 20.1 Å². The number of amides is 1. The van der Waals surface area contributed by atoms with Gasteiger partial charge < -0.3 is 5.32 Å². The molecule has 5 nitrogen and oxygen atoms in total. The Morgan fingerprint density at radius 1 is 1.45 bits per heavy atom. The van der Waals surface area contributed by atoms with E-state index in [9.17, 15) is 13.2 Å². The first-order valence-electron chi connectivity index (χ1n) is 6.22. The van der Waals surface area contributed by atoms with Gasteiger partial charge in [0.2, 0.25) is 5.91 Å². The van der Waals surface area contributed by atoms with Gasteiger partial charge in [-0.15, -0.1) is 11.3 Å². The van der Waals surface area contributed by atoms with Crippen LogP contribution in [0.4, 0.5) is 0 Å². The minimum absolute atomic E-state index is 0.139. The number of rotatable bonds is 7. The van der Waals surface area contributed by atoms with Crippen molar-refractivity contribution < 1.29 is 13.2 Å². The number of thiophene rings is 1. The fraction of sp³-hybridized carbons (Fsp3) is 0.583. The number of carbonyl (C=O) groups is 1. The van der Waals surface area contributed by atoms with Gasteiger partial charge in [0, 0.05) is 13.6 Å². The lowest BCUT2D eigenvalue weighted by molar-refractivity contribution is -0.121. The molecule has 8 heteroatoms. The number of hydrogen-bond donors (Lipinski definition) is 1. The van der Waals surface area contributed by atoms with Crippen LogP contribution < -0.4 is 5.32 Å². The lowest BCUT2D eigenvalue weighted by Gasteiger charge is -2.16. The Morgan fingerprint density at radius 3 is 2.60 bits per heavy atom. The maximum atomic E-state index is 12.2. The second-order valence-corrected chi connectivity index (χ2v) is 8.84. The van der Waals surface area contributed by atoms with E-state index >= 15 is 0 Å². The van der Waals surface area contributed by atoms with Gasteiger partial charge in [0.1, 0.15) is 4.21 Å². The number of nitrogens with zero attached hydrogens (tertiary/aromatic N) is 1. The topological polar surface area (TPSA) is 66.5 Å². The SMILES string of the molecule is CC(C)CCNC(=O)CN(C)S(=O)(=O)c1ccc(Cl)s1. The molecule has 0 unspecified atom stereocenters. The highest BCUT2D eigenvalue weighted by Gasteiger charge is 2.24. The monoisotopic (exact) mass is 338 g/mol. The van der Waals surface area contributed by atoms with E-state index in [1.165, 1.54) is 19.2 Å². The minimum atomic E-state index is -3.65. The number of nitrogens with one attached hydrogen (secondary N) is 1. The third-order valence-corrected chi connectivity index (χ3v) is 6.13. The molecule has 0 bridgehead atoms. The number of halogens is 1. The molecule has 0 aliphatic carbocycles. The Kier molecular flexibility index (Phi) is 6.44. The average Bonchev–Trinajstić information content (AvgIpc) is 2.75. The first kappa shape index (κ1) is 17.4. The van der Waals surface area contributed by atoms with Crippen molar-refractivity contribution in [3.05, 3.63) is 16.5 Å². The summed E-state index contributed by atoms with van der Waals surface area (Å²) in [5.41, 5.74) is 0. The van der Waals surface area contributed by atoms with Crippen LogP contribution in [0.25, 0.3) is 0 Å². The van der Waals surface area contributed by atoms with Gasteiger partial charge in [-0.3, -0.25) is 4.79 Å². The molecule has 1 amide bonds. The number of sulfonamides is 1. The van der Waals surface area contributed by atoms with Crippen LogP contribution in [-0.4, -0.2) is 38.8 Å². The van der Waals surface area contributed by atoms with Crippen LogP contribution in [0, 0.1) is 5.92 Å². The summed E-state index contributed by atoms with van der Waals surface area (Å²) in [5.74, 6) is 0.185. The number of likely N-dealkylation sites (N-methyl/N-ethyl adjacent to an activating group) is 1. The van der Waals surface area contributed by atoms with Gasteiger partial charge in [-0.05, 0) is 24.5 Å². The Labute approximate surface area is 129 Å². The molecular weight excluding hydrogens is 320 g/mol. The molecule has 1 heterocycles. The first-order valence-corrected chi connectivity index (χ1v) is 8.85. The number of carbonyl (C=O) groups excluding carboxylic acids is 1. The van der Waals surface area contributed by atoms with Crippen LogP contribution in [0.1, 0.15) is 20.3 Å². The summed E-state index contributed by atoms with van der Waals surface area (Å²) in [6.45, 7) is 4.47. The molecule has 0 atom stereocenters. The van der Waals surface area contributed by atoms with E-state index in [0.29, 0.717) is 16.8 Å². The van der Waals surface area contributed by atoms with E-state index < -0.39 is 10.0 Å². The second kappa shape index (κ2) is 7.40. The molecule has 1 aromatic heterocycles. The summed E-state index contributed by atoms with van der Waals surface area (Å²) >= 11 is 6.71. The van der Waals surface area contributed by atoms with Gasteiger partial charge in [0.05, 0.1) is 10.9 Å². The fourth-order valence-electron chi connectivity index (χ4n) is 1.43. The van der Waals surface area contributed by atoms with E-state index in [2.05, 4.69) is 19.2 Å². The van der Waals surface area contributed by atoms with Gasteiger partial charge in [-0.1, -0.05) is 25.4 Å². The summed E-state index contributed by atoms with van der Waals surface area (Å²) in [6, 6.07) is 2.96. The predicted octanol–water partition coefficient (Wildman–Crippen LogP) is 2.18. The molecule has 0 saturated heterocycles. The average molecular weight is 339 g/mol. The summed E-state index contributed by atoms with van der Waals surface area (Å²) in [7, 11) is -2.27. The molecule has 0 fully saturated rings. The molecule has 0 aromatic carbocycles. The van der Waals surface area contributed by atoms with Crippen molar-refractivity contribution in [2.24, 2.45) is 5.92 Å². The van der Waals surface area contributed by atoms with Crippen LogP contribution in [0.15, 0.2) is 16.3 Å². The standard InChI is InChI=1S/C12H19ClN2O3S2/c1-9(2)6-7-14-11(16)8-15(3)20(17,18)12-5-4-10(13)19-12/h4-5,9H,6-8H2,1-3H3,(H,14,16). The van der Waals surface area contributed by atoms with Gasteiger partial charge in [0.25, 0.3) is 10.0 Å². The van der Waals surface area contributed by atoms with Crippen LogP contribution >= 0.6 is 22.9 Å². The van der Waals surface area contributed by atoms with Crippen molar-refractivity contribution in [3.63, 3.8) is 0 Å². The normalized spacial score (nSPS) is 12.1. The molecule has 114 valence electrons. The Bertz CT molecular complexity index is 555. The van der Waals surface area contributed by atoms with Crippen LogP contribution in [0.5, 0.6) is 0 Å². The third-order valence-electron chi connectivity index (χ3n) is 2.62. The Hall–Kier alpha value is -0.630. The van der Waals surface area contributed by atoms with E-state index in [1.54, 1.807) is 0 Å². The molecule has 20 heavy (non-hydrogen) atoms. The highest BCUT2D eigenvalue weighted by molar-refractivity contribution is 7.91. The van der Waals surface area contributed by atoms with Crippen molar-refractivity contribution in [1.29, 1.82) is 0 Å². The predicted molar refractivity (Wildman–Crippen MR) is 81.6 cm³/mol. The molecule has 1 aromatic rings. The zero-order chi connectivity index (χ0) is 15.3. The number of hydrogen-bond acceptors (Lipinski definition) is 4. The van der Waals surface area contributed by atoms with E-state index in [1.807, 2.05) is 0 Å². The molecule has 0 spiro atoms. The molecule has 0 saturated carbocycles. The van der Waals surface area contributed by atoms with Crippen molar-refractivity contribution in [1.82, 2.24) is 9.62 Å². The highest BCUT2D eigenvalue weighted by atomic mass is 35.5. The van der Waals surface area contributed by atoms with Crippen molar-refractivity contribution in [3.8, 4) is 0 Å². The van der Waals surface area contributed by atoms with Crippen molar-refractivity contribution in [2.45, 2.75) is 24.5 Å². The summed E-state index contributed by atoms with van der Waals surface area (Å²) in [4.78, 5) is 11.7. The minimum Gasteiger partial charge on any atom is -0.355 e. The second-order valence-electron chi connectivity index (χ2n) is 4.85. The van der Waals surface area contributed by atoms with Gasteiger partial charge in [-0.2, -0.15) is 4.31 Å². The molecule has 0 radical (unpaired) electrons. The molecule has 0 aliphatic heterocycles. The van der Waals surface area contributed by atoms with Crippen LogP contribution in [-0.2, 0) is 14.8 Å². The smallest absolute Gasteiger partial charge is 0.252 e. The molecule has 1 N–H and O–H groups in total. The third kappa shape index (κ3) is 5.05. The highest BCUT2D eigenvalue weighted by Crippen LogP contribution is 2.27. The van der Waals surface area contributed by atoms with Gasteiger partial charge in [0.15, 0.2) is 0 Å². The zero-order valence-electron chi connectivity index (χ0n) is 11.7. The first-order chi connectivity index (χ1) is 9.23. The Morgan fingerprint density at radius 2 is 2.10 bits per heavy atom. The maximum Gasteiger partial charge on any atom is 0.252 e. The summed E-state index contributed by atoms with van der Waals surface area (Å²) in [5, 5.41) is 2.71. The molecular formula is C12H19ClN2O3S2. The lowest BCUT2D eigenvalue weighted by Crippen LogP contribution is -2.38. The largest absolute Gasteiger partial charge is 0.355 e. The van der Waals surface area contributed by atoms with Crippen molar-refractivity contribution >= 4 is 38.9 Å². The maximum absolute atomic E-state index is 12.2. The zero-order valence-corrected chi connectivity index (χ0v) is 14.1.